The molecule has 0 bridgehead atoms. The van der Waals surface area contributed by atoms with Crippen molar-refractivity contribution < 1.29 is 13.9 Å². The third kappa shape index (κ3) is 3.35. The third-order valence-electron chi connectivity index (χ3n) is 4.15. The molecule has 1 aliphatic heterocycles. The molecule has 0 radical (unpaired) electrons. The quantitative estimate of drug-likeness (QED) is 0.914. The standard InChI is InChI=1S/C16H19FN2O2S.ClH/c1-21-9-11-14-12(17)3-2-4-13(14)22-15(11)16(20)19-6-5-10(7-18)8-19;/h2-4,10H,5-9,18H2,1H3;1H. The van der Waals surface area contributed by atoms with E-state index in [1.807, 2.05) is 11.0 Å². The fraction of sp³-hybridized carbons (Fsp3) is 0.438. The summed E-state index contributed by atoms with van der Waals surface area (Å²) in [6.07, 6.45) is 0.932. The topological polar surface area (TPSA) is 55.6 Å². The molecule has 4 nitrogen and oxygen atoms in total. The van der Waals surface area contributed by atoms with E-state index in [1.54, 1.807) is 13.2 Å². The first-order valence-electron chi connectivity index (χ1n) is 7.33. The summed E-state index contributed by atoms with van der Waals surface area (Å²) in [4.78, 5) is 15.2. The van der Waals surface area contributed by atoms with Gasteiger partial charge in [0.15, 0.2) is 0 Å². The van der Waals surface area contributed by atoms with Crippen LogP contribution in [0.5, 0.6) is 0 Å². The summed E-state index contributed by atoms with van der Waals surface area (Å²) < 4.78 is 20.1. The van der Waals surface area contributed by atoms with Crippen molar-refractivity contribution in [1.82, 2.24) is 4.90 Å². The first kappa shape index (κ1) is 18.1. The summed E-state index contributed by atoms with van der Waals surface area (Å²) in [5.74, 6) is 0.0191. The number of hydrogen-bond donors (Lipinski definition) is 1. The highest BCUT2D eigenvalue weighted by Crippen LogP contribution is 2.35. The molecule has 1 aliphatic rings. The van der Waals surface area contributed by atoms with Crippen LogP contribution in [0.25, 0.3) is 10.1 Å². The number of rotatable bonds is 4. The van der Waals surface area contributed by atoms with Gasteiger partial charge < -0.3 is 15.4 Å². The van der Waals surface area contributed by atoms with E-state index < -0.39 is 0 Å². The van der Waals surface area contributed by atoms with Gasteiger partial charge in [-0.3, -0.25) is 4.79 Å². The number of nitrogens with zero attached hydrogens (tertiary/aromatic N) is 1. The average Bonchev–Trinajstić information content (AvgIpc) is 3.12. The van der Waals surface area contributed by atoms with Crippen molar-refractivity contribution in [3.8, 4) is 0 Å². The van der Waals surface area contributed by atoms with Crippen molar-refractivity contribution in [1.29, 1.82) is 0 Å². The Balaban J connectivity index is 0.00000192. The van der Waals surface area contributed by atoms with E-state index in [4.69, 9.17) is 10.5 Å². The van der Waals surface area contributed by atoms with Crippen molar-refractivity contribution in [2.45, 2.75) is 13.0 Å². The summed E-state index contributed by atoms with van der Waals surface area (Å²) >= 11 is 1.34. The van der Waals surface area contributed by atoms with Crippen LogP contribution >= 0.6 is 23.7 Å². The van der Waals surface area contributed by atoms with Crippen LogP contribution in [0.3, 0.4) is 0 Å². The Morgan fingerprint density at radius 1 is 1.52 bits per heavy atom. The lowest BCUT2D eigenvalue weighted by atomic mass is 10.1. The molecule has 1 amide bonds. The highest BCUT2D eigenvalue weighted by atomic mass is 35.5. The number of fused-ring (bicyclic) bond motifs is 1. The van der Waals surface area contributed by atoms with Crippen LogP contribution in [0.15, 0.2) is 18.2 Å². The molecule has 0 aliphatic carbocycles. The molecule has 3 rings (SSSR count). The molecule has 1 atom stereocenters. The van der Waals surface area contributed by atoms with E-state index >= 15 is 0 Å². The van der Waals surface area contributed by atoms with Crippen LogP contribution in [0, 0.1) is 11.7 Å². The molecule has 23 heavy (non-hydrogen) atoms. The minimum Gasteiger partial charge on any atom is -0.380 e. The van der Waals surface area contributed by atoms with E-state index in [0.717, 1.165) is 11.1 Å². The lowest BCUT2D eigenvalue weighted by Gasteiger charge is -2.16. The molecule has 126 valence electrons. The molecule has 1 aromatic heterocycles. The van der Waals surface area contributed by atoms with Gasteiger partial charge in [0, 0.05) is 35.8 Å². The van der Waals surface area contributed by atoms with E-state index in [1.165, 1.54) is 17.4 Å². The molecule has 2 aromatic rings. The lowest BCUT2D eigenvalue weighted by Crippen LogP contribution is -2.29. The average molecular weight is 359 g/mol. The molecule has 0 saturated carbocycles. The van der Waals surface area contributed by atoms with Crippen LogP contribution in [0.4, 0.5) is 4.39 Å². The largest absolute Gasteiger partial charge is 0.380 e. The highest BCUT2D eigenvalue weighted by Gasteiger charge is 2.29. The molecule has 2 heterocycles. The zero-order valence-corrected chi connectivity index (χ0v) is 14.5. The van der Waals surface area contributed by atoms with Crippen LogP contribution in [0.2, 0.25) is 0 Å². The maximum absolute atomic E-state index is 14.2. The molecule has 0 spiro atoms. The first-order chi connectivity index (χ1) is 10.7. The number of hydrogen-bond acceptors (Lipinski definition) is 4. The number of benzene rings is 1. The molecule has 2 N–H and O–H groups in total. The zero-order valence-electron chi connectivity index (χ0n) is 12.9. The smallest absolute Gasteiger partial charge is 0.264 e. The van der Waals surface area contributed by atoms with Crippen LogP contribution < -0.4 is 5.73 Å². The number of carbonyl (C=O) groups excluding carboxylic acids is 1. The van der Waals surface area contributed by atoms with E-state index in [2.05, 4.69) is 0 Å². The first-order valence-corrected chi connectivity index (χ1v) is 8.15. The number of nitrogens with two attached hydrogens (primary N) is 1. The number of methoxy groups -OCH3 is 1. The zero-order chi connectivity index (χ0) is 15.7. The molecule has 7 heteroatoms. The van der Waals surface area contributed by atoms with Gasteiger partial charge >= 0.3 is 0 Å². The monoisotopic (exact) mass is 358 g/mol. The summed E-state index contributed by atoms with van der Waals surface area (Å²) in [5.41, 5.74) is 6.34. The van der Waals surface area contributed by atoms with Gasteiger partial charge in [0.2, 0.25) is 0 Å². The fourth-order valence-electron chi connectivity index (χ4n) is 2.98. The second-order valence-corrected chi connectivity index (χ2v) is 6.65. The maximum Gasteiger partial charge on any atom is 0.264 e. The van der Waals surface area contributed by atoms with Crippen LogP contribution in [-0.4, -0.2) is 37.6 Å². The van der Waals surface area contributed by atoms with Crippen molar-refractivity contribution in [2.24, 2.45) is 11.7 Å². The highest BCUT2D eigenvalue weighted by molar-refractivity contribution is 7.21. The van der Waals surface area contributed by atoms with E-state index in [-0.39, 0.29) is 30.7 Å². The molecular weight excluding hydrogens is 339 g/mol. The van der Waals surface area contributed by atoms with Gasteiger partial charge in [0.05, 0.1) is 11.5 Å². The number of halogens is 2. The van der Waals surface area contributed by atoms with Crippen molar-refractivity contribution in [2.75, 3.05) is 26.7 Å². The third-order valence-corrected chi connectivity index (χ3v) is 5.34. The van der Waals surface area contributed by atoms with Gasteiger partial charge in [-0.1, -0.05) is 6.07 Å². The Morgan fingerprint density at radius 3 is 2.96 bits per heavy atom. The van der Waals surface area contributed by atoms with Crippen molar-refractivity contribution in [3.63, 3.8) is 0 Å². The Hall–Kier alpha value is -1.21. The van der Waals surface area contributed by atoms with E-state index in [0.29, 0.717) is 41.4 Å². The Kier molecular flexibility index (Phi) is 5.97. The Labute approximate surface area is 144 Å². The second-order valence-electron chi connectivity index (χ2n) is 5.60. The van der Waals surface area contributed by atoms with Gasteiger partial charge in [0.25, 0.3) is 5.91 Å². The molecule has 1 fully saturated rings. The summed E-state index contributed by atoms with van der Waals surface area (Å²) in [7, 11) is 1.55. The van der Waals surface area contributed by atoms with Crippen LogP contribution in [0.1, 0.15) is 21.7 Å². The molecule has 1 unspecified atom stereocenters. The fourth-order valence-corrected chi connectivity index (χ4v) is 4.17. The normalized spacial score (nSPS) is 17.5. The molecule has 1 saturated heterocycles. The van der Waals surface area contributed by atoms with Gasteiger partial charge in [-0.2, -0.15) is 0 Å². The summed E-state index contributed by atoms with van der Waals surface area (Å²) in [5, 5.41) is 0.507. The number of amides is 1. The SMILES string of the molecule is COCc1c(C(=O)N2CCC(CN)C2)sc2cccc(F)c12.Cl. The van der Waals surface area contributed by atoms with E-state index in [9.17, 15) is 9.18 Å². The lowest BCUT2D eigenvalue weighted by molar-refractivity contribution is 0.0788. The number of ether oxygens (including phenoxy) is 1. The Bertz CT molecular complexity index is 707. The van der Waals surface area contributed by atoms with Crippen molar-refractivity contribution >= 4 is 39.7 Å². The van der Waals surface area contributed by atoms with Gasteiger partial charge in [-0.15, -0.1) is 23.7 Å². The molecule has 1 aromatic carbocycles. The number of carbonyl (C=O) groups is 1. The van der Waals surface area contributed by atoms with Crippen LogP contribution in [-0.2, 0) is 11.3 Å². The summed E-state index contributed by atoms with van der Waals surface area (Å²) in [6.45, 7) is 2.22. The minimum absolute atomic E-state index is 0. The van der Waals surface area contributed by atoms with Gasteiger partial charge in [-0.05, 0) is 31.0 Å². The summed E-state index contributed by atoms with van der Waals surface area (Å²) in [6, 6.07) is 4.92. The van der Waals surface area contributed by atoms with Crippen molar-refractivity contribution in [3.05, 3.63) is 34.5 Å². The second kappa shape index (κ2) is 7.57. The number of likely N-dealkylation sites (tertiary alicyclic amines) is 1. The predicted octanol–water partition coefficient (Wildman–Crippen LogP) is 3.03. The number of thiophene rings is 1. The predicted molar refractivity (Wildman–Crippen MR) is 92.8 cm³/mol. The van der Waals surface area contributed by atoms with Gasteiger partial charge in [0.1, 0.15) is 5.82 Å². The van der Waals surface area contributed by atoms with Gasteiger partial charge in [-0.25, -0.2) is 4.39 Å². The minimum atomic E-state index is -0.305. The Morgan fingerprint density at radius 2 is 2.30 bits per heavy atom. The molecular formula is C16H20ClFN2O2S. The maximum atomic E-state index is 14.2.